The fourth-order valence-corrected chi connectivity index (χ4v) is 6.54. The number of carbonyl (C=O) groups excluding carboxylic acids is 1. The molecular weight excluding hydrogens is 426 g/mol. The zero-order valence-corrected chi connectivity index (χ0v) is 18.8. The van der Waals surface area contributed by atoms with Crippen LogP contribution in [0.4, 0.5) is 8.78 Å². The van der Waals surface area contributed by atoms with Gasteiger partial charge in [-0.05, 0) is 102 Å². The van der Waals surface area contributed by atoms with Gasteiger partial charge in [-0.2, -0.15) is 8.78 Å². The van der Waals surface area contributed by atoms with Crippen molar-refractivity contribution in [3.63, 3.8) is 0 Å². The summed E-state index contributed by atoms with van der Waals surface area (Å²) in [5.41, 5.74) is 3.72. The Morgan fingerprint density at radius 1 is 1.15 bits per heavy atom. The number of aromatic hydroxyl groups is 1. The highest BCUT2D eigenvalue weighted by atomic mass is 19.3. The number of halogens is 2. The summed E-state index contributed by atoms with van der Waals surface area (Å²) in [4.78, 5) is 13.5. The van der Waals surface area contributed by atoms with E-state index in [2.05, 4.69) is 17.7 Å². The third-order valence-electron chi connectivity index (χ3n) is 8.09. The Labute approximate surface area is 192 Å². The highest BCUT2D eigenvalue weighted by Crippen LogP contribution is 2.61. The molecule has 174 valence electrons. The second-order valence-electron chi connectivity index (χ2n) is 9.75. The molecule has 0 spiro atoms. The molecule has 0 heterocycles. The number of hydrogen-bond donors (Lipinski definition) is 1. The Morgan fingerprint density at radius 2 is 1.97 bits per heavy atom. The van der Waals surface area contributed by atoms with Gasteiger partial charge >= 0.3 is 6.61 Å². The molecule has 0 amide bonds. The van der Waals surface area contributed by atoms with Crippen LogP contribution >= 0.6 is 0 Å². The monoisotopic (exact) mass is 454 g/mol. The number of ether oxygens (including phenoxy) is 2. The van der Waals surface area contributed by atoms with Gasteiger partial charge in [0.05, 0.1) is 7.11 Å². The predicted molar refractivity (Wildman–Crippen MR) is 121 cm³/mol. The van der Waals surface area contributed by atoms with Crippen molar-refractivity contribution in [2.45, 2.75) is 51.6 Å². The fourth-order valence-electron chi connectivity index (χ4n) is 6.54. The van der Waals surface area contributed by atoms with Gasteiger partial charge < -0.3 is 14.6 Å². The number of ketones is 1. The van der Waals surface area contributed by atoms with Crippen molar-refractivity contribution in [2.75, 3.05) is 7.11 Å². The molecule has 2 fully saturated rings. The van der Waals surface area contributed by atoms with Gasteiger partial charge in [-0.3, -0.25) is 4.79 Å². The predicted octanol–water partition coefficient (Wildman–Crippen LogP) is 6.12. The molecule has 4 nitrogen and oxygen atoms in total. The number of fused-ring (bicyclic) bond motifs is 5. The number of hydrogen-bond acceptors (Lipinski definition) is 4. The van der Waals surface area contributed by atoms with Crippen LogP contribution in [-0.2, 0) is 11.2 Å². The van der Waals surface area contributed by atoms with E-state index in [1.54, 1.807) is 18.2 Å². The van der Waals surface area contributed by atoms with E-state index < -0.39 is 6.61 Å². The number of phenols is 1. The van der Waals surface area contributed by atoms with Crippen molar-refractivity contribution in [2.24, 2.45) is 17.3 Å². The summed E-state index contributed by atoms with van der Waals surface area (Å²) in [7, 11) is 1.40. The van der Waals surface area contributed by atoms with E-state index in [1.165, 1.54) is 24.3 Å². The maximum atomic E-state index is 13.5. The molecule has 5 rings (SSSR count). The molecule has 0 radical (unpaired) electrons. The topological polar surface area (TPSA) is 55.8 Å². The van der Waals surface area contributed by atoms with E-state index in [0.717, 1.165) is 43.2 Å². The van der Waals surface area contributed by atoms with Crippen LogP contribution in [0.25, 0.3) is 6.08 Å². The van der Waals surface area contributed by atoms with Gasteiger partial charge in [0.2, 0.25) is 0 Å². The molecule has 3 aliphatic rings. The highest BCUT2D eigenvalue weighted by molar-refractivity contribution is 6.06. The standard InChI is InChI=1S/C27H28F2O4/c1-27-10-9-20-19-7-5-18(30)13-16(19)4-6-21(20)22(27)14-17(25(27)31)11-15-3-8-23(33-26(28)29)24(12-15)32-2/h3,5,7-8,11-13,20-22,26,30H,4,6,9-10,14H2,1-2H3/b17-11+/t20-,21-,22-,27-/m0/s1. The summed E-state index contributed by atoms with van der Waals surface area (Å²) in [5, 5.41) is 9.88. The molecule has 0 unspecified atom stereocenters. The second kappa shape index (κ2) is 8.15. The first-order valence-electron chi connectivity index (χ1n) is 11.5. The SMILES string of the molecule is COc1cc(/C=C2\C[C@H]3[C@H]4CCc5cc(O)ccc5[C@@H]4CC[C@]3(C)C2=O)ccc1OC(F)F. The van der Waals surface area contributed by atoms with Crippen molar-refractivity contribution in [3.8, 4) is 17.2 Å². The van der Waals surface area contributed by atoms with E-state index in [0.29, 0.717) is 17.6 Å². The van der Waals surface area contributed by atoms with E-state index in [1.807, 2.05) is 12.1 Å². The molecule has 2 aromatic carbocycles. The van der Waals surface area contributed by atoms with Crippen LogP contribution in [0.5, 0.6) is 17.2 Å². The quantitative estimate of drug-likeness (QED) is 0.566. The maximum absolute atomic E-state index is 13.5. The van der Waals surface area contributed by atoms with E-state index in [4.69, 9.17) is 4.74 Å². The fraction of sp³-hybridized carbons (Fsp3) is 0.444. The number of phenolic OH excluding ortho intramolecular Hbond substituents is 1. The van der Waals surface area contributed by atoms with Crippen LogP contribution in [-0.4, -0.2) is 24.6 Å². The number of Topliss-reactive ketones (excluding diaryl/α,β-unsaturated/α-hetero) is 1. The van der Waals surface area contributed by atoms with Crippen molar-refractivity contribution in [1.29, 1.82) is 0 Å². The molecule has 0 aromatic heterocycles. The van der Waals surface area contributed by atoms with Gasteiger partial charge in [-0.1, -0.05) is 19.1 Å². The number of methoxy groups -OCH3 is 1. The molecule has 0 aliphatic heterocycles. The number of allylic oxidation sites excluding steroid dienone is 1. The van der Waals surface area contributed by atoms with Gasteiger partial charge in [-0.25, -0.2) is 0 Å². The minimum Gasteiger partial charge on any atom is -0.508 e. The minimum atomic E-state index is -2.93. The summed E-state index contributed by atoms with van der Waals surface area (Å²) in [6.45, 7) is -0.816. The van der Waals surface area contributed by atoms with Gasteiger partial charge in [0, 0.05) is 5.41 Å². The van der Waals surface area contributed by atoms with E-state index >= 15 is 0 Å². The number of alkyl halides is 2. The highest BCUT2D eigenvalue weighted by Gasteiger charge is 2.56. The molecule has 3 aliphatic carbocycles. The molecule has 1 N–H and O–H groups in total. The third kappa shape index (κ3) is 3.69. The van der Waals surface area contributed by atoms with Gasteiger partial charge in [0.25, 0.3) is 0 Å². The van der Waals surface area contributed by atoms with Crippen LogP contribution in [0.15, 0.2) is 42.0 Å². The Bertz CT molecular complexity index is 1130. The van der Waals surface area contributed by atoms with Crippen molar-refractivity contribution >= 4 is 11.9 Å². The molecule has 4 atom stereocenters. The lowest BCUT2D eigenvalue weighted by molar-refractivity contribution is -0.127. The number of carbonyl (C=O) groups is 1. The second-order valence-corrected chi connectivity index (χ2v) is 9.75. The molecule has 2 aromatic rings. The lowest BCUT2D eigenvalue weighted by Gasteiger charge is -2.48. The summed E-state index contributed by atoms with van der Waals surface area (Å²) in [6.07, 6.45) is 6.37. The average Bonchev–Trinajstić information content (AvgIpc) is 3.04. The lowest BCUT2D eigenvalue weighted by atomic mass is 9.55. The number of rotatable bonds is 4. The zero-order chi connectivity index (χ0) is 23.3. The van der Waals surface area contributed by atoms with Crippen LogP contribution in [0, 0.1) is 17.3 Å². The number of benzene rings is 2. The van der Waals surface area contributed by atoms with E-state index in [9.17, 15) is 18.7 Å². The molecule has 2 saturated carbocycles. The van der Waals surface area contributed by atoms with Crippen LogP contribution in [0.2, 0.25) is 0 Å². The normalized spacial score (nSPS) is 29.5. The summed E-state index contributed by atoms with van der Waals surface area (Å²) in [6, 6.07) is 10.5. The van der Waals surface area contributed by atoms with Gasteiger partial charge in [0.15, 0.2) is 17.3 Å². The first-order chi connectivity index (χ1) is 15.8. The van der Waals surface area contributed by atoms with E-state index in [-0.39, 0.29) is 28.6 Å². The van der Waals surface area contributed by atoms with Gasteiger partial charge in [-0.15, -0.1) is 0 Å². The molecule has 0 bridgehead atoms. The summed E-state index contributed by atoms with van der Waals surface area (Å²) < 4.78 is 35.0. The molecule has 6 heteroatoms. The summed E-state index contributed by atoms with van der Waals surface area (Å²) in [5.74, 6) is 1.84. The van der Waals surface area contributed by atoms with Crippen LogP contribution < -0.4 is 9.47 Å². The molecule has 0 saturated heterocycles. The Balaban J connectivity index is 1.44. The van der Waals surface area contributed by atoms with Crippen LogP contribution in [0.1, 0.15) is 55.2 Å². The Kier molecular flexibility index (Phi) is 5.42. The third-order valence-corrected chi connectivity index (χ3v) is 8.09. The Hall–Kier alpha value is -2.89. The van der Waals surface area contributed by atoms with Crippen molar-refractivity contribution < 1.29 is 28.2 Å². The van der Waals surface area contributed by atoms with Crippen molar-refractivity contribution in [3.05, 3.63) is 58.7 Å². The smallest absolute Gasteiger partial charge is 0.387 e. The average molecular weight is 455 g/mol. The molecule has 33 heavy (non-hydrogen) atoms. The minimum absolute atomic E-state index is 0.0252. The maximum Gasteiger partial charge on any atom is 0.387 e. The van der Waals surface area contributed by atoms with Crippen LogP contribution in [0.3, 0.4) is 0 Å². The first-order valence-corrected chi connectivity index (χ1v) is 11.5. The lowest BCUT2D eigenvalue weighted by Crippen LogP contribution is -2.42. The van der Waals surface area contributed by atoms with Gasteiger partial charge in [0.1, 0.15) is 5.75 Å². The van der Waals surface area contributed by atoms with Crippen molar-refractivity contribution in [1.82, 2.24) is 0 Å². The summed E-state index contributed by atoms with van der Waals surface area (Å²) >= 11 is 0. The largest absolute Gasteiger partial charge is 0.508 e. The zero-order valence-electron chi connectivity index (χ0n) is 18.8. The Morgan fingerprint density at radius 3 is 2.73 bits per heavy atom. The molecular formula is C27H28F2O4. The number of aryl methyl sites for hydroxylation is 1. The first kappa shape index (κ1) is 21.9.